The standard InChI is InChI=1S/C13H18BrN5O/c1-4-10(7-20-3)19-13(16-17-18-19)11-5-9(14)6-12(15)8(11)2/h5-6,10H,4,7,15H2,1-3H3. The van der Waals surface area contributed by atoms with E-state index in [1.54, 1.807) is 11.8 Å². The molecule has 0 radical (unpaired) electrons. The number of aromatic nitrogens is 4. The minimum atomic E-state index is 0.101. The molecule has 1 atom stereocenters. The molecule has 2 N–H and O–H groups in total. The summed E-state index contributed by atoms with van der Waals surface area (Å²) in [6.07, 6.45) is 0.883. The van der Waals surface area contributed by atoms with Crippen molar-refractivity contribution in [1.82, 2.24) is 20.2 Å². The van der Waals surface area contributed by atoms with Crippen LogP contribution in [0.3, 0.4) is 0 Å². The van der Waals surface area contributed by atoms with Crippen LogP contribution in [-0.2, 0) is 4.74 Å². The van der Waals surface area contributed by atoms with Gasteiger partial charge in [0.2, 0.25) is 0 Å². The Kier molecular flexibility index (Phi) is 4.72. The lowest BCUT2D eigenvalue weighted by molar-refractivity contribution is 0.147. The second kappa shape index (κ2) is 6.32. The van der Waals surface area contributed by atoms with Crippen LogP contribution in [0.4, 0.5) is 5.69 Å². The molecule has 20 heavy (non-hydrogen) atoms. The normalized spacial score (nSPS) is 12.6. The molecule has 0 spiro atoms. The first-order chi connectivity index (χ1) is 9.58. The van der Waals surface area contributed by atoms with Gasteiger partial charge in [-0.1, -0.05) is 22.9 Å². The predicted molar refractivity (Wildman–Crippen MR) is 81.3 cm³/mol. The van der Waals surface area contributed by atoms with Crippen molar-refractivity contribution in [3.8, 4) is 11.4 Å². The summed E-state index contributed by atoms with van der Waals surface area (Å²) in [6, 6.07) is 3.96. The van der Waals surface area contributed by atoms with Crippen LogP contribution < -0.4 is 5.73 Å². The zero-order valence-corrected chi connectivity index (χ0v) is 13.4. The summed E-state index contributed by atoms with van der Waals surface area (Å²) in [4.78, 5) is 0. The zero-order chi connectivity index (χ0) is 14.7. The second-order valence-electron chi connectivity index (χ2n) is 4.63. The zero-order valence-electron chi connectivity index (χ0n) is 11.8. The number of nitrogens with two attached hydrogens (primary N) is 1. The van der Waals surface area contributed by atoms with Gasteiger partial charge in [0.05, 0.1) is 12.6 Å². The van der Waals surface area contributed by atoms with Gasteiger partial charge in [-0.2, -0.15) is 0 Å². The van der Waals surface area contributed by atoms with Crippen LogP contribution in [0.5, 0.6) is 0 Å². The van der Waals surface area contributed by atoms with Gasteiger partial charge in [-0.25, -0.2) is 4.68 Å². The molecule has 1 unspecified atom stereocenters. The van der Waals surface area contributed by atoms with Crippen LogP contribution >= 0.6 is 15.9 Å². The quantitative estimate of drug-likeness (QED) is 0.847. The highest BCUT2D eigenvalue weighted by Crippen LogP contribution is 2.30. The lowest BCUT2D eigenvalue weighted by atomic mass is 10.1. The Morgan fingerprint density at radius 1 is 1.45 bits per heavy atom. The number of ether oxygens (including phenoxy) is 1. The maximum Gasteiger partial charge on any atom is 0.182 e. The molecule has 7 heteroatoms. The Morgan fingerprint density at radius 2 is 2.20 bits per heavy atom. The van der Waals surface area contributed by atoms with Crippen molar-refractivity contribution in [2.45, 2.75) is 26.3 Å². The monoisotopic (exact) mass is 339 g/mol. The number of halogens is 1. The molecule has 1 aromatic carbocycles. The first-order valence-electron chi connectivity index (χ1n) is 6.41. The van der Waals surface area contributed by atoms with E-state index in [1.165, 1.54) is 0 Å². The van der Waals surface area contributed by atoms with E-state index in [-0.39, 0.29) is 6.04 Å². The number of anilines is 1. The van der Waals surface area contributed by atoms with Gasteiger partial charge in [0, 0.05) is 22.8 Å². The Morgan fingerprint density at radius 3 is 2.85 bits per heavy atom. The van der Waals surface area contributed by atoms with Crippen molar-refractivity contribution in [1.29, 1.82) is 0 Å². The van der Waals surface area contributed by atoms with Crippen LogP contribution in [0, 0.1) is 6.92 Å². The van der Waals surface area contributed by atoms with Crippen LogP contribution in [0.1, 0.15) is 24.9 Å². The molecule has 6 nitrogen and oxygen atoms in total. The van der Waals surface area contributed by atoms with Gasteiger partial charge in [0.1, 0.15) is 0 Å². The Bertz CT molecular complexity index is 598. The third-order valence-corrected chi connectivity index (χ3v) is 3.78. The molecule has 0 aliphatic carbocycles. The molecule has 1 aromatic heterocycles. The summed E-state index contributed by atoms with van der Waals surface area (Å²) in [5, 5.41) is 12.1. The maximum absolute atomic E-state index is 6.01. The molecule has 1 heterocycles. The minimum absolute atomic E-state index is 0.101. The van der Waals surface area contributed by atoms with Gasteiger partial charge < -0.3 is 10.5 Å². The van der Waals surface area contributed by atoms with Gasteiger partial charge >= 0.3 is 0 Å². The second-order valence-corrected chi connectivity index (χ2v) is 5.55. The molecular weight excluding hydrogens is 322 g/mol. The Balaban J connectivity index is 2.52. The number of hydrogen-bond acceptors (Lipinski definition) is 5. The SMILES string of the molecule is CCC(COC)n1nnnc1-c1cc(Br)cc(N)c1C. The fourth-order valence-corrected chi connectivity index (χ4v) is 2.58. The Hall–Kier alpha value is -1.47. The Labute approximate surface area is 126 Å². The van der Waals surface area contributed by atoms with Gasteiger partial charge in [-0.05, 0) is 41.5 Å². The van der Waals surface area contributed by atoms with E-state index in [0.717, 1.165) is 22.0 Å². The first-order valence-corrected chi connectivity index (χ1v) is 7.20. The fraction of sp³-hybridized carbons (Fsp3) is 0.462. The van der Waals surface area contributed by atoms with Crippen molar-refractivity contribution >= 4 is 21.6 Å². The van der Waals surface area contributed by atoms with E-state index in [0.29, 0.717) is 18.1 Å². The van der Waals surface area contributed by atoms with Crippen LogP contribution in [0.25, 0.3) is 11.4 Å². The maximum atomic E-state index is 6.01. The van der Waals surface area contributed by atoms with E-state index in [2.05, 4.69) is 38.4 Å². The van der Waals surface area contributed by atoms with Gasteiger partial charge in [-0.15, -0.1) is 5.10 Å². The number of benzene rings is 1. The van der Waals surface area contributed by atoms with Crippen LogP contribution in [-0.4, -0.2) is 33.9 Å². The van der Waals surface area contributed by atoms with Crippen molar-refractivity contribution < 1.29 is 4.74 Å². The minimum Gasteiger partial charge on any atom is -0.398 e. The third kappa shape index (κ3) is 2.83. The van der Waals surface area contributed by atoms with E-state index in [1.807, 2.05) is 19.1 Å². The predicted octanol–water partition coefficient (Wildman–Crippen LogP) is 2.59. The molecule has 2 rings (SSSR count). The average Bonchev–Trinajstić information content (AvgIpc) is 2.89. The molecule has 0 saturated heterocycles. The smallest absolute Gasteiger partial charge is 0.182 e. The highest BCUT2D eigenvalue weighted by atomic mass is 79.9. The molecule has 0 amide bonds. The van der Waals surface area contributed by atoms with E-state index in [4.69, 9.17) is 10.5 Å². The van der Waals surface area contributed by atoms with Gasteiger partial charge in [0.15, 0.2) is 5.82 Å². The highest BCUT2D eigenvalue weighted by Gasteiger charge is 2.19. The van der Waals surface area contributed by atoms with Gasteiger partial charge in [-0.3, -0.25) is 0 Å². The topological polar surface area (TPSA) is 78.8 Å². The molecular formula is C13H18BrN5O. The van der Waals surface area contributed by atoms with Crippen molar-refractivity contribution in [3.05, 3.63) is 22.2 Å². The highest BCUT2D eigenvalue weighted by molar-refractivity contribution is 9.10. The number of nitrogens with zero attached hydrogens (tertiary/aromatic N) is 4. The third-order valence-electron chi connectivity index (χ3n) is 3.32. The number of nitrogen functional groups attached to an aromatic ring is 1. The molecule has 0 bridgehead atoms. The molecule has 0 aliphatic heterocycles. The average molecular weight is 340 g/mol. The summed E-state index contributed by atoms with van der Waals surface area (Å²) >= 11 is 3.46. The largest absolute Gasteiger partial charge is 0.398 e. The number of hydrogen-bond donors (Lipinski definition) is 1. The first kappa shape index (κ1) is 14.9. The summed E-state index contributed by atoms with van der Waals surface area (Å²) in [5.41, 5.74) is 8.62. The summed E-state index contributed by atoms with van der Waals surface area (Å²) < 4.78 is 7.95. The van der Waals surface area contributed by atoms with E-state index >= 15 is 0 Å². The molecule has 2 aromatic rings. The lowest BCUT2D eigenvalue weighted by Crippen LogP contribution is -2.17. The van der Waals surface area contributed by atoms with Gasteiger partial charge in [0.25, 0.3) is 0 Å². The van der Waals surface area contributed by atoms with Crippen molar-refractivity contribution in [2.75, 3.05) is 19.5 Å². The molecule has 108 valence electrons. The van der Waals surface area contributed by atoms with Crippen LogP contribution in [0.15, 0.2) is 16.6 Å². The molecule has 0 aliphatic rings. The van der Waals surface area contributed by atoms with Crippen LogP contribution in [0.2, 0.25) is 0 Å². The lowest BCUT2D eigenvalue weighted by Gasteiger charge is -2.16. The summed E-state index contributed by atoms with van der Waals surface area (Å²) in [6.45, 7) is 4.61. The van der Waals surface area contributed by atoms with E-state index in [9.17, 15) is 0 Å². The fourth-order valence-electron chi connectivity index (χ4n) is 2.10. The molecule has 0 fully saturated rings. The summed E-state index contributed by atoms with van der Waals surface area (Å²) in [5.74, 6) is 0.708. The number of rotatable bonds is 5. The van der Waals surface area contributed by atoms with Crippen molar-refractivity contribution in [2.24, 2.45) is 0 Å². The van der Waals surface area contributed by atoms with E-state index < -0.39 is 0 Å². The molecule has 0 saturated carbocycles. The van der Waals surface area contributed by atoms with Crippen molar-refractivity contribution in [3.63, 3.8) is 0 Å². The number of methoxy groups -OCH3 is 1. The summed E-state index contributed by atoms with van der Waals surface area (Å²) in [7, 11) is 1.68. The number of tetrazole rings is 1.